The molecule has 1 aliphatic rings. The Morgan fingerprint density at radius 3 is 2.46 bits per heavy atom. The zero-order valence-corrected chi connectivity index (χ0v) is 17.1. The van der Waals surface area contributed by atoms with Crippen LogP contribution in [0.4, 0.5) is 0 Å². The standard InChI is InChI=1S/C20H28N4OS/c1-13-10-14(2)12-23(11-13)19(25)16(4)26-20-22-21-17(5)24(20)18-9-7-6-8-15(18)3/h6-9,13-14,16H,10-12H2,1-5H3. The van der Waals surface area contributed by atoms with Gasteiger partial charge in [0.15, 0.2) is 5.16 Å². The highest BCUT2D eigenvalue weighted by Crippen LogP contribution is 2.29. The highest BCUT2D eigenvalue weighted by Gasteiger charge is 2.29. The number of carbonyl (C=O) groups excluding carboxylic acids is 1. The van der Waals surface area contributed by atoms with Gasteiger partial charge in [-0.15, -0.1) is 10.2 Å². The van der Waals surface area contributed by atoms with Crippen LogP contribution in [0.2, 0.25) is 0 Å². The molecule has 5 nitrogen and oxygen atoms in total. The van der Waals surface area contributed by atoms with E-state index < -0.39 is 0 Å². The number of para-hydroxylation sites is 1. The van der Waals surface area contributed by atoms with Gasteiger partial charge in [-0.05, 0) is 50.7 Å². The van der Waals surface area contributed by atoms with Crippen LogP contribution in [0.3, 0.4) is 0 Å². The van der Waals surface area contributed by atoms with Crippen LogP contribution in [-0.2, 0) is 4.79 Å². The smallest absolute Gasteiger partial charge is 0.235 e. The maximum Gasteiger partial charge on any atom is 0.235 e. The van der Waals surface area contributed by atoms with Crippen LogP contribution in [0.5, 0.6) is 0 Å². The van der Waals surface area contributed by atoms with E-state index in [0.29, 0.717) is 11.8 Å². The Morgan fingerprint density at radius 2 is 1.81 bits per heavy atom. The van der Waals surface area contributed by atoms with Crippen molar-refractivity contribution in [1.29, 1.82) is 0 Å². The summed E-state index contributed by atoms with van der Waals surface area (Å²) in [7, 11) is 0. The molecule has 0 radical (unpaired) electrons. The van der Waals surface area contributed by atoms with Gasteiger partial charge in [0.1, 0.15) is 5.82 Å². The average Bonchev–Trinajstić information content (AvgIpc) is 2.94. The van der Waals surface area contributed by atoms with Gasteiger partial charge in [0.05, 0.1) is 10.9 Å². The van der Waals surface area contributed by atoms with Gasteiger partial charge in [0.2, 0.25) is 5.91 Å². The van der Waals surface area contributed by atoms with Gasteiger partial charge in [0.25, 0.3) is 0 Å². The van der Waals surface area contributed by atoms with Crippen molar-refractivity contribution in [3.05, 3.63) is 35.7 Å². The van der Waals surface area contributed by atoms with Crippen molar-refractivity contribution < 1.29 is 4.79 Å². The molecule has 2 heterocycles. The molecular weight excluding hydrogens is 344 g/mol. The molecule has 2 aromatic rings. The van der Waals surface area contributed by atoms with Crippen molar-refractivity contribution >= 4 is 17.7 Å². The molecule has 3 atom stereocenters. The first-order valence-electron chi connectivity index (χ1n) is 9.30. The lowest BCUT2D eigenvalue weighted by molar-refractivity contribution is -0.132. The van der Waals surface area contributed by atoms with Crippen molar-refractivity contribution in [1.82, 2.24) is 19.7 Å². The van der Waals surface area contributed by atoms with Crippen LogP contribution in [0.1, 0.15) is 38.6 Å². The summed E-state index contributed by atoms with van der Waals surface area (Å²) in [5.41, 5.74) is 2.23. The number of rotatable bonds is 4. The number of benzene rings is 1. The summed E-state index contributed by atoms with van der Waals surface area (Å²) >= 11 is 1.50. The van der Waals surface area contributed by atoms with Gasteiger partial charge in [0, 0.05) is 13.1 Å². The molecule has 1 saturated heterocycles. The fraction of sp³-hybridized carbons (Fsp3) is 0.550. The number of hydrogen-bond donors (Lipinski definition) is 0. The molecule has 0 bridgehead atoms. The van der Waals surface area contributed by atoms with Crippen molar-refractivity contribution in [3.63, 3.8) is 0 Å². The monoisotopic (exact) mass is 372 g/mol. The molecule has 0 N–H and O–H groups in total. The summed E-state index contributed by atoms with van der Waals surface area (Å²) < 4.78 is 2.05. The fourth-order valence-electron chi connectivity index (χ4n) is 3.82. The third-order valence-electron chi connectivity index (χ3n) is 4.96. The number of aromatic nitrogens is 3. The lowest BCUT2D eigenvalue weighted by Gasteiger charge is -2.36. The molecule has 6 heteroatoms. The van der Waals surface area contributed by atoms with Gasteiger partial charge in [-0.3, -0.25) is 9.36 Å². The number of nitrogens with zero attached hydrogens (tertiary/aromatic N) is 4. The second kappa shape index (κ2) is 7.82. The lowest BCUT2D eigenvalue weighted by atomic mass is 9.92. The van der Waals surface area contributed by atoms with Gasteiger partial charge in [-0.1, -0.05) is 43.8 Å². The fourth-order valence-corrected chi connectivity index (χ4v) is 4.81. The molecule has 1 aromatic heterocycles. The van der Waals surface area contributed by atoms with Crippen molar-refractivity contribution in [2.24, 2.45) is 11.8 Å². The van der Waals surface area contributed by atoms with Crippen LogP contribution in [0, 0.1) is 25.7 Å². The Kier molecular flexibility index (Phi) is 5.70. The molecule has 1 amide bonds. The quantitative estimate of drug-likeness (QED) is 0.765. The van der Waals surface area contributed by atoms with Gasteiger partial charge >= 0.3 is 0 Å². The average molecular weight is 373 g/mol. The zero-order chi connectivity index (χ0) is 18.8. The van der Waals surface area contributed by atoms with E-state index in [2.05, 4.69) is 43.1 Å². The van der Waals surface area contributed by atoms with E-state index in [1.165, 1.54) is 18.2 Å². The van der Waals surface area contributed by atoms with Gasteiger partial charge < -0.3 is 4.90 Å². The van der Waals surface area contributed by atoms with E-state index >= 15 is 0 Å². The van der Waals surface area contributed by atoms with Crippen molar-refractivity contribution in [2.75, 3.05) is 13.1 Å². The van der Waals surface area contributed by atoms with E-state index in [4.69, 9.17) is 0 Å². The predicted octanol–water partition coefficient (Wildman–Crippen LogP) is 3.87. The molecule has 3 rings (SSSR count). The van der Waals surface area contributed by atoms with E-state index in [1.807, 2.05) is 35.4 Å². The van der Waals surface area contributed by atoms with E-state index in [1.54, 1.807) is 0 Å². The van der Waals surface area contributed by atoms with E-state index in [9.17, 15) is 4.79 Å². The Labute approximate surface area is 160 Å². The molecule has 1 aromatic carbocycles. The highest BCUT2D eigenvalue weighted by molar-refractivity contribution is 8.00. The second-order valence-electron chi connectivity index (χ2n) is 7.60. The molecule has 0 aliphatic carbocycles. The minimum atomic E-state index is -0.182. The lowest BCUT2D eigenvalue weighted by Crippen LogP contribution is -2.45. The SMILES string of the molecule is Cc1ccccc1-n1c(C)nnc1SC(C)C(=O)N1CC(C)CC(C)C1. The molecule has 3 unspecified atom stereocenters. The predicted molar refractivity (Wildman–Crippen MR) is 106 cm³/mol. The number of piperidine rings is 1. The molecule has 1 fully saturated rings. The molecular formula is C20H28N4OS. The third kappa shape index (κ3) is 3.95. The first-order valence-corrected chi connectivity index (χ1v) is 10.2. The summed E-state index contributed by atoms with van der Waals surface area (Å²) in [6.45, 7) is 12.2. The maximum atomic E-state index is 13.0. The summed E-state index contributed by atoms with van der Waals surface area (Å²) in [4.78, 5) is 15.0. The maximum absolute atomic E-state index is 13.0. The van der Waals surface area contributed by atoms with Gasteiger partial charge in [-0.2, -0.15) is 0 Å². The number of hydrogen-bond acceptors (Lipinski definition) is 4. The molecule has 0 saturated carbocycles. The Hall–Kier alpha value is -1.82. The zero-order valence-electron chi connectivity index (χ0n) is 16.3. The normalized spacial score (nSPS) is 21.7. The van der Waals surface area contributed by atoms with Gasteiger partial charge in [-0.25, -0.2) is 0 Å². The first kappa shape index (κ1) is 19.0. The van der Waals surface area contributed by atoms with E-state index in [0.717, 1.165) is 35.3 Å². The van der Waals surface area contributed by atoms with Crippen LogP contribution in [0.15, 0.2) is 29.4 Å². The van der Waals surface area contributed by atoms with Crippen LogP contribution in [0.25, 0.3) is 5.69 Å². The molecule has 1 aliphatic heterocycles. The van der Waals surface area contributed by atoms with Crippen LogP contribution < -0.4 is 0 Å². The largest absolute Gasteiger partial charge is 0.341 e. The summed E-state index contributed by atoms with van der Waals surface area (Å²) in [5.74, 6) is 2.17. The number of aryl methyl sites for hydroxylation is 2. The highest BCUT2D eigenvalue weighted by atomic mass is 32.2. The number of carbonyl (C=O) groups is 1. The number of thioether (sulfide) groups is 1. The molecule has 0 spiro atoms. The Morgan fingerprint density at radius 1 is 1.15 bits per heavy atom. The second-order valence-corrected chi connectivity index (χ2v) is 8.91. The van der Waals surface area contributed by atoms with E-state index in [-0.39, 0.29) is 11.2 Å². The summed E-state index contributed by atoms with van der Waals surface area (Å²) in [6.07, 6.45) is 1.20. The summed E-state index contributed by atoms with van der Waals surface area (Å²) in [6, 6.07) is 8.18. The Bertz CT molecular complexity index is 778. The van der Waals surface area contributed by atoms with Crippen LogP contribution in [-0.4, -0.2) is 43.9 Å². The Balaban J connectivity index is 1.79. The minimum absolute atomic E-state index is 0.182. The number of amides is 1. The van der Waals surface area contributed by atoms with Crippen LogP contribution >= 0.6 is 11.8 Å². The minimum Gasteiger partial charge on any atom is -0.341 e. The first-order chi connectivity index (χ1) is 12.4. The summed E-state index contributed by atoms with van der Waals surface area (Å²) in [5, 5.41) is 9.18. The van der Waals surface area contributed by atoms with Crippen molar-refractivity contribution in [2.45, 2.75) is 51.4 Å². The third-order valence-corrected chi connectivity index (χ3v) is 5.99. The molecule has 140 valence electrons. The molecule has 26 heavy (non-hydrogen) atoms. The van der Waals surface area contributed by atoms with Crippen molar-refractivity contribution in [3.8, 4) is 5.69 Å². The topological polar surface area (TPSA) is 51.0 Å². The number of likely N-dealkylation sites (tertiary alicyclic amines) is 1.